The van der Waals surface area contributed by atoms with Gasteiger partial charge in [-0.1, -0.05) is 43.7 Å². The normalized spacial score (nSPS) is 11.1. The number of benzene rings is 2. The zero-order valence-corrected chi connectivity index (χ0v) is 16.3. The van der Waals surface area contributed by atoms with Gasteiger partial charge in [0.2, 0.25) is 10.0 Å². The first-order valence-electron chi connectivity index (χ1n) is 9.04. The molecule has 2 rings (SSSR count). The molecule has 6 nitrogen and oxygen atoms in total. The van der Waals surface area contributed by atoms with Crippen LogP contribution in [0.4, 0.5) is 0 Å². The number of carbonyl (C=O) groups is 1. The monoisotopic (exact) mass is 390 g/mol. The van der Waals surface area contributed by atoms with E-state index in [4.69, 9.17) is 4.74 Å². The molecule has 1 amide bonds. The number of carbonyl (C=O) groups excluding carboxylic acids is 1. The molecule has 0 aliphatic rings. The van der Waals surface area contributed by atoms with Gasteiger partial charge in [-0.25, -0.2) is 13.1 Å². The van der Waals surface area contributed by atoms with Gasteiger partial charge >= 0.3 is 0 Å². The third kappa shape index (κ3) is 7.40. The van der Waals surface area contributed by atoms with Gasteiger partial charge in [0.15, 0.2) is 6.61 Å². The molecule has 146 valence electrons. The average Bonchev–Trinajstić information content (AvgIpc) is 2.68. The van der Waals surface area contributed by atoms with Crippen LogP contribution >= 0.6 is 0 Å². The standard InChI is InChI=1S/C20H26N2O4S/c1-2-3-14-22-27(24,25)19-11-9-18(10-12-19)26-16-20(23)21-15-13-17-7-5-4-6-8-17/h4-12,22H,2-3,13-16H2,1H3,(H,21,23). The highest BCUT2D eigenvalue weighted by Gasteiger charge is 2.13. The van der Waals surface area contributed by atoms with Crippen LogP contribution < -0.4 is 14.8 Å². The summed E-state index contributed by atoms with van der Waals surface area (Å²) in [5, 5.41) is 2.80. The Labute approximate surface area is 161 Å². The molecule has 0 saturated carbocycles. The van der Waals surface area contributed by atoms with Crippen molar-refractivity contribution in [3.63, 3.8) is 0 Å². The Morgan fingerprint density at radius 2 is 1.70 bits per heavy atom. The summed E-state index contributed by atoms with van der Waals surface area (Å²) in [7, 11) is -3.50. The highest BCUT2D eigenvalue weighted by atomic mass is 32.2. The molecule has 0 radical (unpaired) electrons. The van der Waals surface area contributed by atoms with Crippen LogP contribution in [0.15, 0.2) is 59.5 Å². The van der Waals surface area contributed by atoms with Gasteiger partial charge in [-0.3, -0.25) is 4.79 Å². The van der Waals surface area contributed by atoms with Crippen molar-refractivity contribution in [2.75, 3.05) is 19.7 Å². The number of hydrogen-bond donors (Lipinski definition) is 2. The summed E-state index contributed by atoms with van der Waals surface area (Å²) in [5.74, 6) is 0.226. The van der Waals surface area contributed by atoms with Crippen molar-refractivity contribution in [2.45, 2.75) is 31.1 Å². The van der Waals surface area contributed by atoms with Crippen LogP contribution in [0.25, 0.3) is 0 Å². The van der Waals surface area contributed by atoms with Gasteiger partial charge in [0.25, 0.3) is 5.91 Å². The van der Waals surface area contributed by atoms with Crippen LogP contribution in [0.5, 0.6) is 5.75 Å². The second-order valence-electron chi connectivity index (χ2n) is 6.10. The lowest BCUT2D eigenvalue weighted by Gasteiger charge is -2.09. The zero-order valence-electron chi connectivity index (χ0n) is 15.5. The Hall–Kier alpha value is -2.38. The van der Waals surface area contributed by atoms with Gasteiger partial charge in [-0.05, 0) is 42.7 Å². The average molecular weight is 391 g/mol. The number of unbranched alkanes of at least 4 members (excludes halogenated alkanes) is 1. The summed E-state index contributed by atoms with van der Waals surface area (Å²) in [6.07, 6.45) is 2.46. The first-order chi connectivity index (χ1) is 13.0. The highest BCUT2D eigenvalue weighted by molar-refractivity contribution is 7.89. The van der Waals surface area contributed by atoms with Crippen molar-refractivity contribution in [2.24, 2.45) is 0 Å². The van der Waals surface area contributed by atoms with Crippen molar-refractivity contribution in [1.29, 1.82) is 0 Å². The van der Waals surface area contributed by atoms with E-state index in [1.165, 1.54) is 12.1 Å². The lowest BCUT2D eigenvalue weighted by molar-refractivity contribution is -0.123. The SMILES string of the molecule is CCCCNS(=O)(=O)c1ccc(OCC(=O)NCCc2ccccc2)cc1. The van der Waals surface area contributed by atoms with Crippen molar-refractivity contribution in [3.8, 4) is 5.75 Å². The fourth-order valence-electron chi connectivity index (χ4n) is 2.37. The van der Waals surface area contributed by atoms with E-state index in [1.54, 1.807) is 12.1 Å². The van der Waals surface area contributed by atoms with E-state index in [-0.39, 0.29) is 17.4 Å². The molecule has 0 aliphatic heterocycles. The second kappa shape index (κ2) is 10.7. The van der Waals surface area contributed by atoms with Crippen molar-refractivity contribution < 1.29 is 17.9 Å². The van der Waals surface area contributed by atoms with Gasteiger partial charge < -0.3 is 10.1 Å². The van der Waals surface area contributed by atoms with Gasteiger partial charge in [0, 0.05) is 13.1 Å². The fourth-order valence-corrected chi connectivity index (χ4v) is 3.45. The van der Waals surface area contributed by atoms with Crippen LogP contribution in [0.1, 0.15) is 25.3 Å². The summed E-state index contributed by atoms with van der Waals surface area (Å²) in [5.41, 5.74) is 1.16. The molecule has 0 unspecified atom stereocenters. The molecule has 0 fully saturated rings. The zero-order chi connectivity index (χ0) is 19.5. The third-order valence-corrected chi connectivity index (χ3v) is 5.38. The van der Waals surface area contributed by atoms with E-state index in [2.05, 4.69) is 10.0 Å². The quantitative estimate of drug-likeness (QED) is 0.578. The first kappa shape index (κ1) is 20.9. The number of rotatable bonds is 11. The van der Waals surface area contributed by atoms with Crippen LogP contribution in [0.2, 0.25) is 0 Å². The number of hydrogen-bond acceptors (Lipinski definition) is 4. The van der Waals surface area contributed by atoms with E-state index >= 15 is 0 Å². The molecule has 0 heterocycles. The van der Waals surface area contributed by atoms with Crippen LogP contribution in [0.3, 0.4) is 0 Å². The van der Waals surface area contributed by atoms with Gasteiger partial charge in [-0.15, -0.1) is 0 Å². The smallest absolute Gasteiger partial charge is 0.257 e. The van der Waals surface area contributed by atoms with Crippen molar-refractivity contribution >= 4 is 15.9 Å². The first-order valence-corrected chi connectivity index (χ1v) is 10.5. The Bertz CT molecular complexity index is 806. The molecule has 0 aromatic heterocycles. The van der Waals surface area contributed by atoms with Gasteiger partial charge in [-0.2, -0.15) is 0 Å². The molecule has 0 aliphatic carbocycles. The van der Waals surface area contributed by atoms with E-state index in [1.807, 2.05) is 37.3 Å². The van der Waals surface area contributed by atoms with Crippen LogP contribution in [-0.4, -0.2) is 34.0 Å². The van der Waals surface area contributed by atoms with E-state index < -0.39 is 10.0 Å². The molecule has 2 aromatic carbocycles. The topological polar surface area (TPSA) is 84.5 Å². The predicted molar refractivity (Wildman–Crippen MR) is 105 cm³/mol. The Balaban J connectivity index is 1.75. The maximum atomic E-state index is 12.1. The molecule has 27 heavy (non-hydrogen) atoms. The Morgan fingerprint density at radius 3 is 2.37 bits per heavy atom. The summed E-state index contributed by atoms with van der Waals surface area (Å²) in [6.45, 7) is 2.83. The minimum absolute atomic E-state index is 0.115. The lowest BCUT2D eigenvalue weighted by atomic mass is 10.1. The van der Waals surface area contributed by atoms with Gasteiger partial charge in [0.05, 0.1) is 4.90 Å². The van der Waals surface area contributed by atoms with E-state index in [0.717, 1.165) is 24.8 Å². The summed E-state index contributed by atoms with van der Waals surface area (Å²) >= 11 is 0. The van der Waals surface area contributed by atoms with E-state index in [0.29, 0.717) is 18.8 Å². The molecular formula is C20H26N2O4S. The summed E-state index contributed by atoms with van der Waals surface area (Å²) in [6, 6.07) is 15.9. The summed E-state index contributed by atoms with van der Waals surface area (Å²) < 4.78 is 32.2. The second-order valence-corrected chi connectivity index (χ2v) is 7.86. The van der Waals surface area contributed by atoms with Gasteiger partial charge in [0.1, 0.15) is 5.75 Å². The molecular weight excluding hydrogens is 364 g/mol. The number of nitrogens with one attached hydrogen (secondary N) is 2. The highest BCUT2D eigenvalue weighted by Crippen LogP contribution is 2.15. The maximum absolute atomic E-state index is 12.1. The fraction of sp³-hybridized carbons (Fsp3) is 0.350. The molecule has 2 N–H and O–H groups in total. The Kier molecular flexibility index (Phi) is 8.29. The minimum Gasteiger partial charge on any atom is -0.484 e. The largest absolute Gasteiger partial charge is 0.484 e. The van der Waals surface area contributed by atoms with Crippen molar-refractivity contribution in [1.82, 2.24) is 10.0 Å². The predicted octanol–water partition coefficient (Wildman–Crippen LogP) is 2.50. The van der Waals surface area contributed by atoms with E-state index in [9.17, 15) is 13.2 Å². The molecule has 0 saturated heterocycles. The third-order valence-electron chi connectivity index (χ3n) is 3.91. The lowest BCUT2D eigenvalue weighted by Crippen LogP contribution is -2.30. The molecule has 0 bridgehead atoms. The molecule has 0 atom stereocenters. The van der Waals surface area contributed by atoms with Crippen molar-refractivity contribution in [3.05, 3.63) is 60.2 Å². The molecule has 7 heteroatoms. The number of amides is 1. The Morgan fingerprint density at radius 1 is 1.00 bits per heavy atom. The molecule has 2 aromatic rings. The van der Waals surface area contributed by atoms with Crippen LogP contribution in [-0.2, 0) is 21.2 Å². The van der Waals surface area contributed by atoms with Crippen LogP contribution in [0, 0.1) is 0 Å². The number of ether oxygens (including phenoxy) is 1. The summed E-state index contributed by atoms with van der Waals surface area (Å²) in [4.78, 5) is 12.0. The number of sulfonamides is 1. The molecule has 0 spiro atoms. The maximum Gasteiger partial charge on any atom is 0.257 e. The minimum atomic E-state index is -3.50.